The molecule has 0 saturated heterocycles. The molecule has 0 aliphatic heterocycles. The molecule has 0 atom stereocenters. The number of thioether (sulfide) groups is 1. The summed E-state index contributed by atoms with van der Waals surface area (Å²) in [5.41, 5.74) is 3.05. The molecule has 6 nitrogen and oxygen atoms in total. The predicted molar refractivity (Wildman–Crippen MR) is 117 cm³/mol. The molecule has 0 aliphatic carbocycles. The average Bonchev–Trinajstić information content (AvgIpc) is 3.40. The van der Waals surface area contributed by atoms with Crippen LogP contribution in [-0.2, 0) is 12.3 Å². The first-order valence-corrected chi connectivity index (χ1v) is 10.8. The summed E-state index contributed by atoms with van der Waals surface area (Å²) in [6, 6.07) is 11.8. The van der Waals surface area contributed by atoms with Crippen LogP contribution in [0, 0.1) is 0 Å². The van der Waals surface area contributed by atoms with Crippen molar-refractivity contribution in [3.05, 3.63) is 72.5 Å². The summed E-state index contributed by atoms with van der Waals surface area (Å²) in [6.07, 6.45) is 5.36. The molecule has 0 unspecified atom stereocenters. The van der Waals surface area contributed by atoms with Crippen LogP contribution in [-0.4, -0.2) is 31.8 Å². The minimum absolute atomic E-state index is 0.638. The molecule has 29 heavy (non-hydrogen) atoms. The molecule has 0 spiro atoms. The van der Waals surface area contributed by atoms with E-state index in [9.17, 15) is 0 Å². The van der Waals surface area contributed by atoms with Crippen molar-refractivity contribution >= 4 is 23.1 Å². The van der Waals surface area contributed by atoms with Crippen LogP contribution < -0.4 is 4.74 Å². The highest BCUT2D eigenvalue weighted by Gasteiger charge is 2.14. The second-order valence-corrected chi connectivity index (χ2v) is 7.91. The van der Waals surface area contributed by atoms with E-state index in [0.29, 0.717) is 12.3 Å². The van der Waals surface area contributed by atoms with E-state index in [1.165, 1.54) is 0 Å². The van der Waals surface area contributed by atoms with Gasteiger partial charge in [-0.3, -0.25) is 9.55 Å². The maximum atomic E-state index is 5.31. The van der Waals surface area contributed by atoms with E-state index in [2.05, 4.69) is 31.7 Å². The van der Waals surface area contributed by atoms with Crippen LogP contribution in [0.3, 0.4) is 0 Å². The summed E-state index contributed by atoms with van der Waals surface area (Å²) in [4.78, 5) is 8.84. The van der Waals surface area contributed by atoms with Crippen molar-refractivity contribution in [2.24, 2.45) is 0 Å². The number of pyridine rings is 1. The summed E-state index contributed by atoms with van der Waals surface area (Å²) in [7, 11) is 1.67. The molecular weight excluding hydrogens is 402 g/mol. The van der Waals surface area contributed by atoms with E-state index in [0.717, 1.165) is 38.6 Å². The molecule has 3 aromatic heterocycles. The molecule has 1 aromatic carbocycles. The van der Waals surface area contributed by atoms with Gasteiger partial charge in [-0.25, -0.2) is 4.98 Å². The second kappa shape index (κ2) is 9.02. The zero-order chi connectivity index (χ0) is 20.1. The lowest BCUT2D eigenvalue weighted by atomic mass is 10.2. The predicted octanol–water partition coefficient (Wildman–Crippen LogP) is 4.95. The number of rotatable bonds is 8. The molecular formula is C21H19N5OS2. The van der Waals surface area contributed by atoms with Gasteiger partial charge in [0.15, 0.2) is 11.0 Å². The Labute approximate surface area is 177 Å². The highest BCUT2D eigenvalue weighted by atomic mass is 32.2. The summed E-state index contributed by atoms with van der Waals surface area (Å²) in [5.74, 6) is 2.35. The van der Waals surface area contributed by atoms with Crippen LogP contribution >= 0.6 is 23.1 Å². The Morgan fingerprint density at radius 3 is 2.83 bits per heavy atom. The average molecular weight is 422 g/mol. The maximum absolute atomic E-state index is 5.31. The molecule has 4 rings (SSSR count). The Morgan fingerprint density at radius 1 is 1.17 bits per heavy atom. The van der Waals surface area contributed by atoms with E-state index in [1.54, 1.807) is 42.6 Å². The van der Waals surface area contributed by atoms with Gasteiger partial charge in [0.25, 0.3) is 0 Å². The molecule has 0 N–H and O–H groups in total. The van der Waals surface area contributed by atoms with Crippen molar-refractivity contribution in [2.45, 2.75) is 17.5 Å². The van der Waals surface area contributed by atoms with Gasteiger partial charge in [-0.05, 0) is 24.3 Å². The third-order valence-electron chi connectivity index (χ3n) is 4.18. The molecule has 8 heteroatoms. The number of allylic oxidation sites excluding steroid dienone is 1. The molecule has 0 bridgehead atoms. The minimum Gasteiger partial charge on any atom is -0.497 e. The number of hydrogen-bond donors (Lipinski definition) is 0. The van der Waals surface area contributed by atoms with Crippen molar-refractivity contribution in [3.63, 3.8) is 0 Å². The summed E-state index contributed by atoms with van der Waals surface area (Å²) in [6.45, 7) is 4.50. The summed E-state index contributed by atoms with van der Waals surface area (Å²) < 4.78 is 7.36. The largest absolute Gasteiger partial charge is 0.497 e. The van der Waals surface area contributed by atoms with Crippen molar-refractivity contribution in [1.82, 2.24) is 24.7 Å². The van der Waals surface area contributed by atoms with Gasteiger partial charge in [-0.2, -0.15) is 0 Å². The van der Waals surface area contributed by atoms with Crippen LogP contribution in [0.2, 0.25) is 0 Å². The number of aromatic nitrogens is 5. The topological polar surface area (TPSA) is 65.7 Å². The maximum Gasteiger partial charge on any atom is 0.192 e. The highest BCUT2D eigenvalue weighted by Crippen LogP contribution is 2.30. The van der Waals surface area contributed by atoms with Gasteiger partial charge in [0.05, 0.1) is 12.8 Å². The number of hydrogen-bond acceptors (Lipinski definition) is 7. The zero-order valence-corrected chi connectivity index (χ0v) is 17.5. The molecule has 0 amide bonds. The Bertz CT molecular complexity index is 1110. The van der Waals surface area contributed by atoms with Gasteiger partial charge >= 0.3 is 0 Å². The van der Waals surface area contributed by atoms with Crippen molar-refractivity contribution in [2.75, 3.05) is 7.11 Å². The monoisotopic (exact) mass is 421 g/mol. The van der Waals surface area contributed by atoms with E-state index in [1.807, 2.05) is 42.5 Å². The molecule has 0 fully saturated rings. The van der Waals surface area contributed by atoms with Gasteiger partial charge in [0, 0.05) is 41.2 Å². The molecule has 4 aromatic rings. The van der Waals surface area contributed by atoms with E-state index < -0.39 is 0 Å². The molecule has 0 radical (unpaired) electrons. The normalized spacial score (nSPS) is 10.8. The second-order valence-electron chi connectivity index (χ2n) is 6.11. The van der Waals surface area contributed by atoms with Gasteiger partial charge in [-0.1, -0.05) is 30.0 Å². The lowest BCUT2D eigenvalue weighted by Crippen LogP contribution is -2.00. The first kappa shape index (κ1) is 19.4. The van der Waals surface area contributed by atoms with Crippen molar-refractivity contribution in [1.29, 1.82) is 0 Å². The highest BCUT2D eigenvalue weighted by molar-refractivity contribution is 7.98. The number of methoxy groups -OCH3 is 1. The number of benzene rings is 1. The van der Waals surface area contributed by atoms with Crippen LogP contribution in [0.5, 0.6) is 5.75 Å². The Kier molecular flexibility index (Phi) is 6.02. The van der Waals surface area contributed by atoms with Gasteiger partial charge < -0.3 is 4.74 Å². The quantitative estimate of drug-likeness (QED) is 0.296. The molecule has 146 valence electrons. The van der Waals surface area contributed by atoms with Crippen LogP contribution in [0.25, 0.3) is 22.0 Å². The number of ether oxygens (including phenoxy) is 1. The fourth-order valence-corrected chi connectivity index (χ4v) is 4.57. The number of thiazole rings is 1. The standard InChI is InChI=1S/C21H19N5OS2/c1-3-11-26-19(15-7-9-22-10-8-15)24-25-21(26)29-14-17-13-28-20(23-17)16-5-4-6-18(12-16)27-2/h3-10,12-13H,1,11,14H2,2H3. The SMILES string of the molecule is C=CCn1c(SCc2csc(-c3cccc(OC)c3)n2)nnc1-c1ccncc1. The fraction of sp³-hybridized carbons (Fsp3) is 0.143. The zero-order valence-electron chi connectivity index (χ0n) is 15.9. The lowest BCUT2D eigenvalue weighted by molar-refractivity contribution is 0.415. The Hall–Kier alpha value is -2.97. The van der Waals surface area contributed by atoms with Crippen molar-refractivity contribution in [3.8, 4) is 27.7 Å². The minimum atomic E-state index is 0.638. The van der Waals surface area contributed by atoms with Gasteiger partial charge in [-0.15, -0.1) is 28.1 Å². The lowest BCUT2D eigenvalue weighted by Gasteiger charge is -2.07. The summed E-state index contributed by atoms with van der Waals surface area (Å²) >= 11 is 3.24. The van der Waals surface area contributed by atoms with Gasteiger partial charge in [0.2, 0.25) is 0 Å². The van der Waals surface area contributed by atoms with Crippen LogP contribution in [0.15, 0.2) is 72.0 Å². The summed E-state index contributed by atoms with van der Waals surface area (Å²) in [5, 5.41) is 12.7. The molecule has 3 heterocycles. The fourth-order valence-electron chi connectivity index (χ4n) is 2.80. The van der Waals surface area contributed by atoms with Crippen LogP contribution in [0.1, 0.15) is 5.69 Å². The van der Waals surface area contributed by atoms with Crippen molar-refractivity contribution < 1.29 is 4.74 Å². The van der Waals surface area contributed by atoms with Gasteiger partial charge in [0.1, 0.15) is 10.8 Å². The molecule has 0 saturated carbocycles. The first-order valence-electron chi connectivity index (χ1n) is 8.94. The van der Waals surface area contributed by atoms with E-state index in [4.69, 9.17) is 9.72 Å². The first-order chi connectivity index (χ1) is 14.3. The van der Waals surface area contributed by atoms with Crippen LogP contribution in [0.4, 0.5) is 0 Å². The number of nitrogens with zero attached hydrogens (tertiary/aromatic N) is 5. The smallest absolute Gasteiger partial charge is 0.192 e. The van der Waals surface area contributed by atoms with E-state index >= 15 is 0 Å². The third-order valence-corrected chi connectivity index (χ3v) is 6.13. The Morgan fingerprint density at radius 2 is 2.03 bits per heavy atom. The van der Waals surface area contributed by atoms with E-state index in [-0.39, 0.29) is 0 Å². The third kappa shape index (κ3) is 4.38. The Balaban J connectivity index is 1.52. The molecule has 0 aliphatic rings.